The summed E-state index contributed by atoms with van der Waals surface area (Å²) in [5, 5.41) is 9.32. The lowest BCUT2D eigenvalue weighted by Gasteiger charge is -2.44. The topological polar surface area (TPSA) is 70.1 Å². The number of hydrogen-bond acceptors (Lipinski definition) is 4. The maximum atomic E-state index is 13.1. The molecule has 1 amide bonds. The van der Waals surface area contributed by atoms with Crippen LogP contribution in [0.3, 0.4) is 0 Å². The van der Waals surface area contributed by atoms with Crippen LogP contribution in [-0.4, -0.2) is 58.6 Å². The van der Waals surface area contributed by atoms with E-state index < -0.39 is 5.97 Å². The van der Waals surface area contributed by atoms with Gasteiger partial charge < -0.3 is 14.7 Å². The first-order chi connectivity index (χ1) is 14.2. The van der Waals surface area contributed by atoms with Crippen LogP contribution in [0.5, 0.6) is 5.75 Å². The van der Waals surface area contributed by atoms with Crippen molar-refractivity contribution in [1.82, 2.24) is 9.80 Å². The van der Waals surface area contributed by atoms with Crippen LogP contribution >= 0.6 is 15.9 Å². The Balaban J connectivity index is 1.60. The summed E-state index contributed by atoms with van der Waals surface area (Å²) < 4.78 is 19.3. The van der Waals surface area contributed by atoms with Crippen molar-refractivity contribution in [2.45, 2.75) is 32.5 Å². The van der Waals surface area contributed by atoms with Gasteiger partial charge in [-0.25, -0.2) is 9.18 Å². The van der Waals surface area contributed by atoms with Crippen LogP contribution in [0.2, 0.25) is 0 Å². The van der Waals surface area contributed by atoms with E-state index in [9.17, 15) is 19.1 Å². The molecular weight excluding hydrogens is 455 g/mol. The van der Waals surface area contributed by atoms with E-state index in [4.69, 9.17) is 4.74 Å². The van der Waals surface area contributed by atoms with E-state index in [1.165, 1.54) is 24.3 Å². The molecule has 3 rings (SSSR count). The Morgan fingerprint density at radius 2 is 1.83 bits per heavy atom. The molecule has 0 unspecified atom stereocenters. The molecule has 0 spiro atoms. The number of amides is 1. The van der Waals surface area contributed by atoms with Crippen molar-refractivity contribution < 1.29 is 23.8 Å². The summed E-state index contributed by atoms with van der Waals surface area (Å²) in [5.74, 6) is -1.40. The summed E-state index contributed by atoms with van der Waals surface area (Å²) in [6.45, 7) is 5.71. The second-order valence-corrected chi connectivity index (χ2v) is 8.45. The first kappa shape index (κ1) is 22.2. The van der Waals surface area contributed by atoms with E-state index in [-0.39, 0.29) is 41.7 Å². The average Bonchev–Trinajstić information content (AvgIpc) is 2.70. The summed E-state index contributed by atoms with van der Waals surface area (Å²) in [4.78, 5) is 28.2. The van der Waals surface area contributed by atoms with Crippen molar-refractivity contribution in [3.63, 3.8) is 0 Å². The van der Waals surface area contributed by atoms with Crippen LogP contribution in [-0.2, 0) is 11.3 Å². The van der Waals surface area contributed by atoms with Crippen molar-refractivity contribution in [3.05, 3.63) is 63.9 Å². The van der Waals surface area contributed by atoms with Crippen LogP contribution in [0.15, 0.2) is 46.9 Å². The molecule has 0 radical (unpaired) electrons. The lowest BCUT2D eigenvalue weighted by molar-refractivity contribution is -0.139. The van der Waals surface area contributed by atoms with Crippen molar-refractivity contribution in [3.8, 4) is 5.75 Å². The molecule has 0 aromatic heterocycles. The highest BCUT2D eigenvalue weighted by molar-refractivity contribution is 9.10. The summed E-state index contributed by atoms with van der Waals surface area (Å²) in [7, 11) is 0. The molecule has 2 atom stereocenters. The number of carbonyl (C=O) groups excluding carboxylic acids is 1. The SMILES string of the molecule is C[C@@H]1CN(Cc2ccc(F)cc2)[C@@H](C)CN1C(=O)COc1ccc(Br)cc1C(=O)O. The van der Waals surface area contributed by atoms with Crippen LogP contribution < -0.4 is 4.74 Å². The number of nitrogens with zero attached hydrogens (tertiary/aromatic N) is 2. The Morgan fingerprint density at radius 3 is 2.50 bits per heavy atom. The van der Waals surface area contributed by atoms with E-state index in [1.807, 2.05) is 13.8 Å². The van der Waals surface area contributed by atoms with Gasteiger partial charge in [-0.2, -0.15) is 0 Å². The zero-order valence-corrected chi connectivity index (χ0v) is 18.4. The molecule has 2 aromatic rings. The van der Waals surface area contributed by atoms with Crippen molar-refractivity contribution >= 4 is 27.8 Å². The molecule has 6 nitrogen and oxygen atoms in total. The van der Waals surface area contributed by atoms with Gasteiger partial charge in [-0.15, -0.1) is 0 Å². The average molecular weight is 479 g/mol. The maximum Gasteiger partial charge on any atom is 0.339 e. The van der Waals surface area contributed by atoms with E-state index in [0.29, 0.717) is 24.1 Å². The van der Waals surface area contributed by atoms with Gasteiger partial charge in [0.05, 0.1) is 0 Å². The Morgan fingerprint density at radius 1 is 1.13 bits per heavy atom. The standard InChI is InChI=1S/C22H24BrFN2O4/c1-14-11-26(15(2)10-25(14)12-16-3-6-18(24)7-4-16)21(27)13-30-20-8-5-17(23)9-19(20)22(28)29/h3-9,14-15H,10-13H2,1-2H3,(H,28,29)/t14-,15+/m0/s1. The van der Waals surface area contributed by atoms with Crippen LogP contribution in [0.4, 0.5) is 4.39 Å². The highest BCUT2D eigenvalue weighted by Crippen LogP contribution is 2.24. The first-order valence-corrected chi connectivity index (χ1v) is 10.5. The minimum absolute atomic E-state index is 0.00251. The quantitative estimate of drug-likeness (QED) is 0.683. The number of halogens is 2. The normalized spacial score (nSPS) is 19.5. The molecule has 160 valence electrons. The second kappa shape index (κ2) is 9.57. The van der Waals surface area contributed by atoms with E-state index in [1.54, 1.807) is 23.1 Å². The van der Waals surface area contributed by atoms with E-state index in [2.05, 4.69) is 20.8 Å². The van der Waals surface area contributed by atoms with Gasteiger partial charge in [-0.3, -0.25) is 9.69 Å². The highest BCUT2D eigenvalue weighted by atomic mass is 79.9. The number of aromatic carboxylic acids is 1. The van der Waals surface area contributed by atoms with E-state index >= 15 is 0 Å². The number of ether oxygens (including phenoxy) is 1. The summed E-state index contributed by atoms with van der Waals surface area (Å²) in [5.41, 5.74) is 1.03. The van der Waals surface area contributed by atoms with Crippen LogP contribution in [0.25, 0.3) is 0 Å². The molecule has 1 aliphatic rings. The third-order valence-corrected chi connectivity index (χ3v) is 5.75. The first-order valence-electron chi connectivity index (χ1n) is 9.68. The molecule has 1 heterocycles. The number of carboxylic acid groups (broad SMARTS) is 1. The zero-order chi connectivity index (χ0) is 21.8. The number of rotatable bonds is 6. The highest BCUT2D eigenvalue weighted by Gasteiger charge is 2.32. The zero-order valence-electron chi connectivity index (χ0n) is 16.8. The predicted molar refractivity (Wildman–Crippen MR) is 114 cm³/mol. The van der Waals surface area contributed by atoms with Gasteiger partial charge in [-0.1, -0.05) is 28.1 Å². The molecule has 2 aromatic carbocycles. The number of hydrogen-bond donors (Lipinski definition) is 1. The molecule has 1 aliphatic heterocycles. The number of carboxylic acids is 1. The fourth-order valence-electron chi connectivity index (χ4n) is 3.61. The third kappa shape index (κ3) is 5.37. The van der Waals surface area contributed by atoms with Crippen LogP contribution in [0, 0.1) is 5.82 Å². The fourth-order valence-corrected chi connectivity index (χ4v) is 3.97. The van der Waals surface area contributed by atoms with Gasteiger partial charge in [0.15, 0.2) is 6.61 Å². The largest absolute Gasteiger partial charge is 0.483 e. The second-order valence-electron chi connectivity index (χ2n) is 7.53. The van der Waals surface area contributed by atoms with Crippen molar-refractivity contribution in [2.75, 3.05) is 19.7 Å². The monoisotopic (exact) mass is 478 g/mol. The molecule has 0 bridgehead atoms. The molecule has 8 heteroatoms. The Bertz CT molecular complexity index is 922. The molecule has 0 saturated carbocycles. The van der Waals surface area contributed by atoms with Gasteiger partial charge in [0.2, 0.25) is 0 Å². The third-order valence-electron chi connectivity index (χ3n) is 5.26. The maximum absolute atomic E-state index is 13.1. The summed E-state index contributed by atoms with van der Waals surface area (Å²) >= 11 is 3.24. The summed E-state index contributed by atoms with van der Waals surface area (Å²) in [6, 6.07) is 11.2. The minimum atomic E-state index is -1.12. The number of benzene rings is 2. The van der Waals surface area contributed by atoms with Gasteiger partial charge in [0.1, 0.15) is 17.1 Å². The molecule has 1 fully saturated rings. The van der Waals surface area contributed by atoms with Gasteiger partial charge in [0, 0.05) is 36.2 Å². The number of carbonyl (C=O) groups is 2. The minimum Gasteiger partial charge on any atom is -0.483 e. The Kier molecular flexibility index (Phi) is 7.10. The molecule has 30 heavy (non-hydrogen) atoms. The molecule has 1 N–H and O–H groups in total. The summed E-state index contributed by atoms with van der Waals surface area (Å²) in [6.07, 6.45) is 0. The van der Waals surface area contributed by atoms with Gasteiger partial charge in [-0.05, 0) is 49.7 Å². The van der Waals surface area contributed by atoms with Gasteiger partial charge >= 0.3 is 5.97 Å². The van der Waals surface area contributed by atoms with Gasteiger partial charge in [0.25, 0.3) is 5.91 Å². The molecular formula is C22H24BrFN2O4. The van der Waals surface area contributed by atoms with Crippen molar-refractivity contribution in [1.29, 1.82) is 0 Å². The molecule has 0 aliphatic carbocycles. The molecule has 1 saturated heterocycles. The van der Waals surface area contributed by atoms with Crippen molar-refractivity contribution in [2.24, 2.45) is 0 Å². The smallest absolute Gasteiger partial charge is 0.339 e. The lowest BCUT2D eigenvalue weighted by atomic mass is 10.1. The Hall–Kier alpha value is -2.45. The number of piperazine rings is 1. The Labute approximate surface area is 183 Å². The van der Waals surface area contributed by atoms with E-state index in [0.717, 1.165) is 5.56 Å². The van der Waals surface area contributed by atoms with Crippen LogP contribution in [0.1, 0.15) is 29.8 Å². The predicted octanol–water partition coefficient (Wildman–Crippen LogP) is 3.79. The lowest BCUT2D eigenvalue weighted by Crippen LogP contribution is -2.58. The fraction of sp³-hybridized carbons (Fsp3) is 0.364.